The topological polar surface area (TPSA) is 12.5 Å². The molecule has 1 aliphatic heterocycles. The first kappa shape index (κ1) is 12.5. The molecule has 1 heterocycles. The number of rotatable bonds is 0. The molecule has 1 aliphatic rings. The van der Waals surface area contributed by atoms with Gasteiger partial charge in [-0.05, 0) is 12.1 Å². The predicted molar refractivity (Wildman–Crippen MR) is 68.4 cm³/mol. The second kappa shape index (κ2) is 6.13. The maximum Gasteiger partial charge on any atom is 0.0749 e. The van der Waals surface area contributed by atoms with Crippen molar-refractivity contribution in [1.29, 1.82) is 0 Å². The van der Waals surface area contributed by atoms with Crippen LogP contribution in [0.5, 0.6) is 0 Å². The van der Waals surface area contributed by atoms with Crippen LogP contribution in [-0.2, 0) is 11.3 Å². The van der Waals surface area contributed by atoms with Crippen LogP contribution in [0.3, 0.4) is 0 Å². The molecule has 1 aromatic carbocycles. The highest BCUT2D eigenvalue weighted by atomic mass is 79.9. The van der Waals surface area contributed by atoms with E-state index in [4.69, 9.17) is 4.74 Å². The summed E-state index contributed by atoms with van der Waals surface area (Å²) in [5.74, 6) is 0. The summed E-state index contributed by atoms with van der Waals surface area (Å²) < 4.78 is 6.64. The van der Waals surface area contributed by atoms with Gasteiger partial charge in [-0.25, -0.2) is 0 Å². The minimum Gasteiger partial charge on any atom is -0.375 e. The van der Waals surface area contributed by atoms with Crippen molar-refractivity contribution < 1.29 is 4.74 Å². The highest BCUT2D eigenvalue weighted by molar-refractivity contribution is 9.10. The molecule has 0 fully saturated rings. The van der Waals surface area contributed by atoms with E-state index in [1.54, 1.807) is 0 Å². The van der Waals surface area contributed by atoms with Crippen LogP contribution in [0, 0.1) is 0 Å². The Bertz CT molecular complexity index is 314. The minimum absolute atomic E-state index is 0.709. The number of hydrogen-bond donors (Lipinski definition) is 0. The van der Waals surface area contributed by atoms with E-state index in [1.807, 2.05) is 13.8 Å². The van der Waals surface area contributed by atoms with Gasteiger partial charge < -0.3 is 9.64 Å². The Labute approximate surface area is 100 Å². The molecule has 0 amide bonds. The maximum absolute atomic E-state index is 5.50. The third kappa shape index (κ3) is 2.95. The molecule has 0 N–H and O–H groups in total. The van der Waals surface area contributed by atoms with Gasteiger partial charge in [0.15, 0.2) is 0 Å². The molecular weight excluding hydrogens is 254 g/mol. The Hall–Kier alpha value is -0.540. The zero-order valence-electron chi connectivity index (χ0n) is 9.59. The number of ether oxygens (including phenoxy) is 1. The molecular formula is C12H18BrNO. The molecule has 0 saturated carbocycles. The van der Waals surface area contributed by atoms with Crippen LogP contribution in [0.1, 0.15) is 19.4 Å². The van der Waals surface area contributed by atoms with Gasteiger partial charge in [-0.1, -0.05) is 35.8 Å². The number of anilines is 1. The first-order valence-corrected chi connectivity index (χ1v) is 6.14. The Balaban J connectivity index is 0.000000531. The number of hydrogen-bond acceptors (Lipinski definition) is 2. The van der Waals surface area contributed by atoms with E-state index in [-0.39, 0.29) is 0 Å². The molecule has 0 atom stereocenters. The Morgan fingerprint density at radius 1 is 1.33 bits per heavy atom. The summed E-state index contributed by atoms with van der Waals surface area (Å²) in [6.45, 7) is 6.47. The quantitative estimate of drug-likeness (QED) is 0.717. The number of fused-ring (bicyclic) bond motifs is 1. The molecule has 84 valence electrons. The lowest BCUT2D eigenvalue weighted by molar-refractivity contribution is 0.132. The van der Waals surface area contributed by atoms with E-state index in [1.165, 1.54) is 11.3 Å². The van der Waals surface area contributed by atoms with Gasteiger partial charge in [0.25, 0.3) is 0 Å². The van der Waals surface area contributed by atoms with Crippen LogP contribution < -0.4 is 4.90 Å². The molecule has 0 aliphatic carbocycles. The predicted octanol–water partition coefficient (Wildman–Crippen LogP) is 3.44. The van der Waals surface area contributed by atoms with Crippen molar-refractivity contribution in [3.8, 4) is 0 Å². The fraction of sp³-hybridized carbons (Fsp3) is 0.500. The second-order valence-electron chi connectivity index (χ2n) is 3.21. The summed E-state index contributed by atoms with van der Waals surface area (Å²) in [5, 5.41) is 0. The van der Waals surface area contributed by atoms with Crippen LogP contribution in [0.15, 0.2) is 22.7 Å². The Morgan fingerprint density at radius 3 is 2.80 bits per heavy atom. The van der Waals surface area contributed by atoms with Gasteiger partial charge >= 0.3 is 0 Å². The molecule has 2 nitrogen and oxygen atoms in total. The molecule has 1 aromatic rings. The van der Waals surface area contributed by atoms with Crippen molar-refractivity contribution in [2.45, 2.75) is 20.5 Å². The summed E-state index contributed by atoms with van der Waals surface area (Å²) in [4.78, 5) is 2.23. The molecule has 0 unspecified atom stereocenters. The second-order valence-corrected chi connectivity index (χ2v) is 4.07. The van der Waals surface area contributed by atoms with Gasteiger partial charge in [-0.3, -0.25) is 0 Å². The maximum atomic E-state index is 5.50. The first-order valence-electron chi connectivity index (χ1n) is 5.35. The smallest absolute Gasteiger partial charge is 0.0749 e. The monoisotopic (exact) mass is 271 g/mol. The lowest BCUT2D eigenvalue weighted by Gasteiger charge is -2.18. The van der Waals surface area contributed by atoms with Crippen molar-refractivity contribution in [3.63, 3.8) is 0 Å². The van der Waals surface area contributed by atoms with Crippen LogP contribution in [0.25, 0.3) is 0 Å². The van der Waals surface area contributed by atoms with E-state index in [0.717, 1.165) is 17.6 Å². The highest BCUT2D eigenvalue weighted by Crippen LogP contribution is 2.29. The molecule has 15 heavy (non-hydrogen) atoms. The first-order chi connectivity index (χ1) is 7.29. The molecule has 2 rings (SSSR count). The summed E-state index contributed by atoms with van der Waals surface area (Å²) in [7, 11) is 2.10. The fourth-order valence-electron chi connectivity index (χ4n) is 1.54. The van der Waals surface area contributed by atoms with Crippen molar-refractivity contribution in [2.24, 2.45) is 0 Å². The van der Waals surface area contributed by atoms with E-state index in [0.29, 0.717) is 6.61 Å². The molecule has 0 radical (unpaired) electrons. The van der Waals surface area contributed by atoms with Gasteiger partial charge in [-0.2, -0.15) is 0 Å². The Morgan fingerprint density at radius 2 is 2.07 bits per heavy atom. The lowest BCUT2D eigenvalue weighted by atomic mass is 10.2. The van der Waals surface area contributed by atoms with E-state index in [9.17, 15) is 0 Å². The van der Waals surface area contributed by atoms with Crippen LogP contribution in [0.2, 0.25) is 0 Å². The number of halogens is 1. The molecule has 0 spiro atoms. The van der Waals surface area contributed by atoms with E-state index in [2.05, 4.69) is 46.1 Å². The minimum atomic E-state index is 0.709. The number of likely N-dealkylation sites (N-methyl/N-ethyl adjacent to an activating group) is 1. The average molecular weight is 272 g/mol. The summed E-state index contributed by atoms with van der Waals surface area (Å²) in [5.41, 5.74) is 2.52. The summed E-state index contributed by atoms with van der Waals surface area (Å²) in [6.07, 6.45) is 0. The largest absolute Gasteiger partial charge is 0.375 e. The third-order valence-corrected chi connectivity index (χ3v) is 3.07. The SMILES string of the molecule is CC.CN1CCOCc2c(Br)cccc21. The standard InChI is InChI=1S/C10H12BrNO.C2H6/c1-12-5-6-13-7-8-9(11)3-2-4-10(8)12;1-2/h2-4H,5-7H2,1H3;1-2H3. The van der Waals surface area contributed by atoms with Crippen LogP contribution in [0.4, 0.5) is 5.69 Å². The van der Waals surface area contributed by atoms with Crippen molar-refractivity contribution in [2.75, 3.05) is 25.1 Å². The van der Waals surface area contributed by atoms with Gasteiger partial charge in [0.05, 0.1) is 13.2 Å². The van der Waals surface area contributed by atoms with Gasteiger partial charge in [-0.15, -0.1) is 0 Å². The zero-order chi connectivity index (χ0) is 11.3. The normalized spacial score (nSPS) is 14.8. The number of nitrogens with zero attached hydrogens (tertiary/aromatic N) is 1. The fourth-order valence-corrected chi connectivity index (χ4v) is 2.01. The van der Waals surface area contributed by atoms with Crippen molar-refractivity contribution >= 4 is 21.6 Å². The van der Waals surface area contributed by atoms with E-state index < -0.39 is 0 Å². The summed E-state index contributed by atoms with van der Waals surface area (Å²) >= 11 is 3.54. The van der Waals surface area contributed by atoms with Gasteiger partial charge in [0.2, 0.25) is 0 Å². The highest BCUT2D eigenvalue weighted by Gasteiger charge is 2.13. The van der Waals surface area contributed by atoms with Gasteiger partial charge in [0, 0.05) is 29.3 Å². The lowest BCUT2D eigenvalue weighted by Crippen LogP contribution is -2.20. The van der Waals surface area contributed by atoms with Crippen LogP contribution >= 0.6 is 15.9 Å². The molecule has 0 saturated heterocycles. The van der Waals surface area contributed by atoms with Gasteiger partial charge in [0.1, 0.15) is 0 Å². The van der Waals surface area contributed by atoms with Crippen LogP contribution in [-0.4, -0.2) is 20.2 Å². The molecule has 0 bridgehead atoms. The Kier molecular flexibility index (Phi) is 5.12. The van der Waals surface area contributed by atoms with E-state index >= 15 is 0 Å². The average Bonchev–Trinajstić information content (AvgIpc) is 2.46. The van der Waals surface area contributed by atoms with Crippen molar-refractivity contribution in [1.82, 2.24) is 0 Å². The third-order valence-electron chi connectivity index (χ3n) is 2.32. The zero-order valence-corrected chi connectivity index (χ0v) is 11.2. The number of benzene rings is 1. The molecule has 3 heteroatoms. The molecule has 0 aromatic heterocycles. The summed E-state index contributed by atoms with van der Waals surface area (Å²) in [6, 6.07) is 6.25. The van der Waals surface area contributed by atoms with Crippen molar-refractivity contribution in [3.05, 3.63) is 28.2 Å².